The molecular formula is C16H16FNO3. The molecule has 4 nitrogen and oxygen atoms in total. The van der Waals surface area contributed by atoms with Crippen LogP contribution in [0.25, 0.3) is 0 Å². The van der Waals surface area contributed by atoms with Crippen molar-refractivity contribution in [3.63, 3.8) is 0 Å². The number of benzene rings is 2. The van der Waals surface area contributed by atoms with Crippen LogP contribution in [0.3, 0.4) is 0 Å². The highest BCUT2D eigenvalue weighted by molar-refractivity contribution is 5.95. The van der Waals surface area contributed by atoms with Gasteiger partial charge in [0.15, 0.2) is 0 Å². The molecule has 0 bridgehead atoms. The number of ether oxygens (including phenoxy) is 2. The van der Waals surface area contributed by atoms with Crippen molar-refractivity contribution in [2.45, 2.75) is 6.54 Å². The minimum atomic E-state index is -0.303. The molecule has 0 radical (unpaired) electrons. The molecule has 0 saturated heterocycles. The summed E-state index contributed by atoms with van der Waals surface area (Å²) in [5.74, 6) is 0.529. The SMILES string of the molecule is COc1cc(OC)cc(C(=O)NCc2ccc(F)cc2)c1. The van der Waals surface area contributed by atoms with Crippen LogP contribution < -0.4 is 14.8 Å². The van der Waals surface area contributed by atoms with E-state index in [1.807, 2.05) is 0 Å². The maximum absolute atomic E-state index is 12.8. The minimum absolute atomic E-state index is 0.253. The van der Waals surface area contributed by atoms with Crippen molar-refractivity contribution in [3.05, 3.63) is 59.4 Å². The molecule has 110 valence electrons. The number of hydrogen-bond acceptors (Lipinski definition) is 3. The molecule has 0 atom stereocenters. The predicted molar refractivity (Wildman–Crippen MR) is 77.1 cm³/mol. The molecule has 2 aromatic rings. The summed E-state index contributed by atoms with van der Waals surface area (Å²) in [6.07, 6.45) is 0. The number of rotatable bonds is 5. The summed E-state index contributed by atoms with van der Waals surface area (Å²) in [4.78, 5) is 12.1. The van der Waals surface area contributed by atoms with Gasteiger partial charge >= 0.3 is 0 Å². The Kier molecular flexibility index (Phi) is 4.77. The molecular weight excluding hydrogens is 273 g/mol. The standard InChI is InChI=1S/C16H16FNO3/c1-20-14-7-12(8-15(9-14)21-2)16(19)18-10-11-3-5-13(17)6-4-11/h3-9H,10H2,1-2H3,(H,18,19). The minimum Gasteiger partial charge on any atom is -0.497 e. The van der Waals surface area contributed by atoms with Crippen LogP contribution in [0.15, 0.2) is 42.5 Å². The molecule has 21 heavy (non-hydrogen) atoms. The fourth-order valence-corrected chi connectivity index (χ4v) is 1.83. The normalized spacial score (nSPS) is 10.0. The predicted octanol–water partition coefficient (Wildman–Crippen LogP) is 2.77. The first kappa shape index (κ1) is 14.8. The lowest BCUT2D eigenvalue weighted by Crippen LogP contribution is -2.22. The van der Waals surface area contributed by atoms with Crippen LogP contribution in [-0.2, 0) is 6.54 Å². The number of nitrogens with one attached hydrogen (secondary N) is 1. The lowest BCUT2D eigenvalue weighted by Gasteiger charge is -2.09. The first-order valence-electron chi connectivity index (χ1n) is 6.38. The fraction of sp³-hybridized carbons (Fsp3) is 0.188. The molecule has 0 fully saturated rings. The van der Waals surface area contributed by atoms with E-state index in [1.54, 1.807) is 30.3 Å². The van der Waals surface area contributed by atoms with E-state index in [2.05, 4.69) is 5.32 Å². The van der Waals surface area contributed by atoms with Gasteiger partial charge in [-0.15, -0.1) is 0 Å². The molecule has 0 aliphatic heterocycles. The summed E-state index contributed by atoms with van der Waals surface area (Å²) >= 11 is 0. The van der Waals surface area contributed by atoms with Crippen molar-refractivity contribution in [1.29, 1.82) is 0 Å². The van der Waals surface area contributed by atoms with Crippen molar-refractivity contribution >= 4 is 5.91 Å². The Morgan fingerprint density at radius 3 is 2.14 bits per heavy atom. The second-order valence-corrected chi connectivity index (χ2v) is 4.41. The van der Waals surface area contributed by atoms with Crippen molar-refractivity contribution in [2.24, 2.45) is 0 Å². The summed E-state index contributed by atoms with van der Waals surface area (Å²) in [5, 5.41) is 2.76. The van der Waals surface area contributed by atoms with Crippen LogP contribution in [0.5, 0.6) is 11.5 Å². The van der Waals surface area contributed by atoms with E-state index in [0.29, 0.717) is 23.6 Å². The molecule has 0 aliphatic carbocycles. The summed E-state index contributed by atoms with van der Waals surface area (Å²) in [6.45, 7) is 0.318. The number of amides is 1. The Morgan fingerprint density at radius 1 is 1.05 bits per heavy atom. The molecule has 0 saturated carbocycles. The summed E-state index contributed by atoms with van der Waals surface area (Å²) in [6, 6.07) is 10.9. The molecule has 0 spiro atoms. The van der Waals surface area contributed by atoms with E-state index >= 15 is 0 Å². The highest BCUT2D eigenvalue weighted by atomic mass is 19.1. The van der Waals surface area contributed by atoms with Crippen molar-refractivity contribution in [2.75, 3.05) is 14.2 Å². The van der Waals surface area contributed by atoms with Crippen molar-refractivity contribution in [1.82, 2.24) is 5.32 Å². The van der Waals surface area contributed by atoms with Crippen LogP contribution in [-0.4, -0.2) is 20.1 Å². The summed E-state index contributed by atoms with van der Waals surface area (Å²) in [7, 11) is 3.05. The molecule has 5 heteroatoms. The topological polar surface area (TPSA) is 47.6 Å². The van der Waals surface area contributed by atoms with E-state index in [1.165, 1.54) is 26.4 Å². The average Bonchev–Trinajstić information content (AvgIpc) is 2.53. The van der Waals surface area contributed by atoms with Gasteiger partial charge in [-0.3, -0.25) is 4.79 Å². The number of carbonyl (C=O) groups excluding carboxylic acids is 1. The summed E-state index contributed by atoms with van der Waals surface area (Å²) < 4.78 is 23.0. The van der Waals surface area contributed by atoms with E-state index < -0.39 is 0 Å². The lowest BCUT2D eigenvalue weighted by molar-refractivity contribution is 0.0950. The van der Waals surface area contributed by atoms with Crippen LogP contribution in [0.2, 0.25) is 0 Å². The van der Waals surface area contributed by atoms with Crippen molar-refractivity contribution < 1.29 is 18.7 Å². The van der Waals surface area contributed by atoms with Crippen LogP contribution in [0.1, 0.15) is 15.9 Å². The van der Waals surface area contributed by atoms with E-state index in [-0.39, 0.29) is 11.7 Å². The monoisotopic (exact) mass is 289 g/mol. The fourth-order valence-electron chi connectivity index (χ4n) is 1.83. The van der Waals surface area contributed by atoms with Gasteiger partial charge in [0.25, 0.3) is 5.91 Å². The van der Waals surface area contributed by atoms with Crippen LogP contribution >= 0.6 is 0 Å². The van der Waals surface area contributed by atoms with E-state index in [9.17, 15) is 9.18 Å². The number of methoxy groups -OCH3 is 2. The van der Waals surface area contributed by atoms with Gasteiger partial charge in [-0.1, -0.05) is 12.1 Å². The Hall–Kier alpha value is -2.56. The molecule has 0 aliphatic rings. The first-order chi connectivity index (χ1) is 10.1. The van der Waals surface area contributed by atoms with Crippen molar-refractivity contribution in [3.8, 4) is 11.5 Å². The maximum atomic E-state index is 12.8. The Bertz CT molecular complexity index is 604. The molecule has 1 amide bonds. The Labute approximate surface area is 122 Å². The number of halogens is 1. The number of carbonyl (C=O) groups is 1. The molecule has 1 N–H and O–H groups in total. The molecule has 0 aromatic heterocycles. The smallest absolute Gasteiger partial charge is 0.251 e. The van der Waals surface area contributed by atoms with Gasteiger partial charge in [0.2, 0.25) is 0 Å². The van der Waals surface area contributed by atoms with Crippen LogP contribution in [0.4, 0.5) is 4.39 Å². The average molecular weight is 289 g/mol. The summed E-state index contributed by atoms with van der Waals surface area (Å²) in [5.41, 5.74) is 1.26. The largest absolute Gasteiger partial charge is 0.497 e. The third-order valence-corrected chi connectivity index (χ3v) is 2.98. The third-order valence-electron chi connectivity index (χ3n) is 2.98. The molecule has 0 unspecified atom stereocenters. The second-order valence-electron chi connectivity index (χ2n) is 4.41. The third kappa shape index (κ3) is 3.95. The van der Waals surface area contributed by atoms with Gasteiger partial charge in [-0.25, -0.2) is 4.39 Å². The van der Waals surface area contributed by atoms with Gasteiger partial charge in [0, 0.05) is 18.2 Å². The van der Waals surface area contributed by atoms with Gasteiger partial charge in [-0.05, 0) is 29.8 Å². The zero-order valence-corrected chi connectivity index (χ0v) is 11.9. The van der Waals surface area contributed by atoms with Gasteiger partial charge in [0.05, 0.1) is 14.2 Å². The maximum Gasteiger partial charge on any atom is 0.251 e. The van der Waals surface area contributed by atoms with Gasteiger partial charge < -0.3 is 14.8 Å². The zero-order chi connectivity index (χ0) is 15.2. The van der Waals surface area contributed by atoms with Crippen LogP contribution in [0, 0.1) is 5.82 Å². The van der Waals surface area contributed by atoms with Gasteiger partial charge in [-0.2, -0.15) is 0 Å². The highest BCUT2D eigenvalue weighted by Crippen LogP contribution is 2.22. The first-order valence-corrected chi connectivity index (χ1v) is 6.38. The van der Waals surface area contributed by atoms with E-state index in [4.69, 9.17) is 9.47 Å². The quantitative estimate of drug-likeness (QED) is 0.920. The molecule has 2 rings (SSSR count). The number of hydrogen-bond donors (Lipinski definition) is 1. The lowest BCUT2D eigenvalue weighted by atomic mass is 10.1. The Morgan fingerprint density at radius 2 is 1.62 bits per heavy atom. The van der Waals surface area contributed by atoms with E-state index in [0.717, 1.165) is 5.56 Å². The van der Waals surface area contributed by atoms with Gasteiger partial charge in [0.1, 0.15) is 17.3 Å². The second kappa shape index (κ2) is 6.74. The molecule has 0 heterocycles. The highest BCUT2D eigenvalue weighted by Gasteiger charge is 2.09. The molecule has 2 aromatic carbocycles. The zero-order valence-electron chi connectivity index (χ0n) is 11.9. The Balaban J connectivity index is 2.07.